The fourth-order valence-electron chi connectivity index (χ4n) is 2.77. The van der Waals surface area contributed by atoms with Crippen LogP contribution in [0.4, 0.5) is 13.2 Å². The third-order valence-electron chi connectivity index (χ3n) is 4.13. The van der Waals surface area contributed by atoms with Gasteiger partial charge in [0.15, 0.2) is 5.16 Å². The summed E-state index contributed by atoms with van der Waals surface area (Å²) in [4.78, 5) is 7.45. The summed E-state index contributed by atoms with van der Waals surface area (Å²) in [6.45, 7) is 4.05. The van der Waals surface area contributed by atoms with Gasteiger partial charge in [0.1, 0.15) is 10.9 Å². The van der Waals surface area contributed by atoms with Gasteiger partial charge in [-0.3, -0.25) is 0 Å². The SMILES string of the molecule is CC(C)c1nnc(Sc2nc(C(F)(F)F)nc3ccccc23)n1C1CC1. The van der Waals surface area contributed by atoms with E-state index in [1.165, 1.54) is 0 Å². The summed E-state index contributed by atoms with van der Waals surface area (Å²) >= 11 is 1.12. The lowest BCUT2D eigenvalue weighted by Gasteiger charge is -2.12. The normalized spacial score (nSPS) is 15.2. The second-order valence-corrected chi connectivity index (χ2v) is 7.52. The summed E-state index contributed by atoms with van der Waals surface area (Å²) in [5.74, 6) is -0.102. The molecule has 3 aromatic rings. The van der Waals surface area contributed by atoms with Gasteiger partial charge in [-0.2, -0.15) is 13.2 Å². The highest BCUT2D eigenvalue weighted by atomic mass is 32.2. The van der Waals surface area contributed by atoms with Crippen molar-refractivity contribution >= 4 is 22.7 Å². The molecule has 1 aliphatic rings. The number of rotatable bonds is 4. The van der Waals surface area contributed by atoms with Crippen molar-refractivity contribution in [2.45, 2.75) is 55.0 Å². The lowest BCUT2D eigenvalue weighted by atomic mass is 10.2. The predicted octanol–water partition coefficient (Wildman–Crippen LogP) is 4.85. The van der Waals surface area contributed by atoms with Crippen molar-refractivity contribution in [3.8, 4) is 0 Å². The molecule has 1 saturated carbocycles. The third kappa shape index (κ3) is 3.15. The quantitative estimate of drug-likeness (QED) is 0.607. The predicted molar refractivity (Wildman–Crippen MR) is 91.0 cm³/mol. The number of hydrogen-bond donors (Lipinski definition) is 0. The van der Waals surface area contributed by atoms with Crippen molar-refractivity contribution in [2.24, 2.45) is 0 Å². The van der Waals surface area contributed by atoms with E-state index in [0.29, 0.717) is 16.6 Å². The van der Waals surface area contributed by atoms with Crippen LogP contribution in [0.1, 0.15) is 50.3 Å². The minimum atomic E-state index is -4.60. The first-order chi connectivity index (χ1) is 12.3. The highest BCUT2D eigenvalue weighted by molar-refractivity contribution is 7.99. The number of hydrogen-bond acceptors (Lipinski definition) is 5. The molecular formula is C17H16F3N5S. The van der Waals surface area contributed by atoms with Crippen LogP contribution in [0.15, 0.2) is 34.4 Å². The topological polar surface area (TPSA) is 56.5 Å². The highest BCUT2D eigenvalue weighted by Gasteiger charge is 2.36. The van der Waals surface area contributed by atoms with Crippen LogP contribution in [0.3, 0.4) is 0 Å². The molecule has 2 heterocycles. The van der Waals surface area contributed by atoms with Gasteiger partial charge in [0.2, 0.25) is 5.82 Å². The van der Waals surface area contributed by atoms with E-state index in [0.717, 1.165) is 30.4 Å². The molecule has 26 heavy (non-hydrogen) atoms. The summed E-state index contributed by atoms with van der Waals surface area (Å²) in [6.07, 6.45) is -2.54. The van der Waals surface area contributed by atoms with Crippen LogP contribution in [-0.2, 0) is 6.18 Å². The number of halogens is 3. The molecule has 0 spiro atoms. The van der Waals surface area contributed by atoms with Gasteiger partial charge in [0, 0.05) is 17.3 Å². The zero-order chi connectivity index (χ0) is 18.5. The van der Waals surface area contributed by atoms with E-state index in [9.17, 15) is 13.2 Å². The number of fused-ring (bicyclic) bond motifs is 1. The molecule has 0 unspecified atom stereocenters. The molecule has 0 saturated heterocycles. The molecule has 1 aromatic carbocycles. The highest BCUT2D eigenvalue weighted by Crippen LogP contribution is 2.42. The number of alkyl halides is 3. The van der Waals surface area contributed by atoms with Gasteiger partial charge in [-0.05, 0) is 30.7 Å². The average molecular weight is 379 g/mol. The van der Waals surface area contributed by atoms with Crippen LogP contribution in [0.5, 0.6) is 0 Å². The maximum absolute atomic E-state index is 13.2. The van der Waals surface area contributed by atoms with Crippen LogP contribution in [0.25, 0.3) is 10.9 Å². The van der Waals surface area contributed by atoms with E-state index >= 15 is 0 Å². The average Bonchev–Trinajstić information content (AvgIpc) is 3.34. The Morgan fingerprint density at radius 2 is 1.85 bits per heavy atom. The zero-order valence-electron chi connectivity index (χ0n) is 14.2. The Balaban J connectivity index is 1.83. The maximum atomic E-state index is 13.2. The van der Waals surface area contributed by atoms with Crippen molar-refractivity contribution < 1.29 is 13.2 Å². The summed E-state index contributed by atoms with van der Waals surface area (Å²) in [7, 11) is 0. The third-order valence-corrected chi connectivity index (χ3v) is 5.09. The van der Waals surface area contributed by atoms with E-state index in [1.54, 1.807) is 24.3 Å². The molecule has 0 atom stereocenters. The van der Waals surface area contributed by atoms with Crippen LogP contribution < -0.4 is 0 Å². The summed E-state index contributed by atoms with van der Waals surface area (Å²) in [5, 5.41) is 9.87. The van der Waals surface area contributed by atoms with E-state index in [2.05, 4.69) is 20.2 Å². The van der Waals surface area contributed by atoms with Crippen molar-refractivity contribution in [3.63, 3.8) is 0 Å². The standard InChI is InChI=1S/C17H16F3N5S/c1-9(2)13-23-24-16(25(13)10-7-8-10)26-14-11-5-3-4-6-12(11)21-15(22-14)17(18,19)20/h3-6,9-10H,7-8H2,1-2H3. The van der Waals surface area contributed by atoms with Crippen LogP contribution in [0.2, 0.25) is 0 Å². The van der Waals surface area contributed by atoms with Crippen LogP contribution in [0, 0.1) is 0 Å². The van der Waals surface area contributed by atoms with Crippen molar-refractivity contribution in [2.75, 3.05) is 0 Å². The van der Waals surface area contributed by atoms with Crippen LogP contribution >= 0.6 is 11.8 Å². The molecule has 136 valence electrons. The van der Waals surface area contributed by atoms with Gasteiger partial charge in [-0.15, -0.1) is 10.2 Å². The van der Waals surface area contributed by atoms with Crippen molar-refractivity contribution in [1.82, 2.24) is 24.7 Å². The molecular weight excluding hydrogens is 363 g/mol. The van der Waals surface area contributed by atoms with E-state index in [-0.39, 0.29) is 16.5 Å². The fraction of sp³-hybridized carbons (Fsp3) is 0.412. The number of para-hydroxylation sites is 1. The molecule has 5 nitrogen and oxygen atoms in total. The minimum absolute atomic E-state index is 0.185. The van der Waals surface area contributed by atoms with Gasteiger partial charge in [-0.25, -0.2) is 9.97 Å². The van der Waals surface area contributed by atoms with Gasteiger partial charge >= 0.3 is 6.18 Å². The van der Waals surface area contributed by atoms with Crippen molar-refractivity contribution in [3.05, 3.63) is 35.9 Å². The monoisotopic (exact) mass is 379 g/mol. The van der Waals surface area contributed by atoms with E-state index < -0.39 is 12.0 Å². The molecule has 1 aliphatic carbocycles. The molecule has 2 aromatic heterocycles. The van der Waals surface area contributed by atoms with E-state index in [4.69, 9.17) is 0 Å². The number of nitrogens with zero attached hydrogens (tertiary/aromatic N) is 5. The molecule has 0 radical (unpaired) electrons. The molecule has 0 bridgehead atoms. The Bertz CT molecular complexity index is 963. The first-order valence-electron chi connectivity index (χ1n) is 8.31. The Morgan fingerprint density at radius 1 is 1.12 bits per heavy atom. The second kappa shape index (κ2) is 6.22. The Labute approximate surface area is 152 Å². The molecule has 9 heteroatoms. The molecule has 0 amide bonds. The summed E-state index contributed by atoms with van der Waals surface area (Å²) in [5.41, 5.74) is 0.263. The van der Waals surface area contributed by atoms with Gasteiger partial charge in [-0.1, -0.05) is 32.0 Å². The fourth-order valence-corrected chi connectivity index (χ4v) is 3.78. The van der Waals surface area contributed by atoms with Crippen LogP contribution in [-0.4, -0.2) is 24.7 Å². The first kappa shape index (κ1) is 17.3. The van der Waals surface area contributed by atoms with Gasteiger partial charge in [0.25, 0.3) is 0 Å². The largest absolute Gasteiger partial charge is 0.451 e. The molecule has 1 fully saturated rings. The Morgan fingerprint density at radius 3 is 2.50 bits per heavy atom. The lowest BCUT2D eigenvalue weighted by molar-refractivity contribution is -0.145. The second-order valence-electron chi connectivity index (χ2n) is 6.57. The van der Waals surface area contributed by atoms with E-state index in [1.807, 2.05) is 18.4 Å². The summed E-state index contributed by atoms with van der Waals surface area (Å²) in [6, 6.07) is 7.02. The number of aromatic nitrogens is 5. The maximum Gasteiger partial charge on any atom is 0.451 e. The smallest absolute Gasteiger partial charge is 0.302 e. The van der Waals surface area contributed by atoms with Gasteiger partial charge < -0.3 is 4.57 Å². The Hall–Kier alpha value is -2.16. The minimum Gasteiger partial charge on any atom is -0.302 e. The van der Waals surface area contributed by atoms with Gasteiger partial charge in [0.05, 0.1) is 5.52 Å². The molecule has 0 N–H and O–H groups in total. The molecule has 4 rings (SSSR count). The Kier molecular flexibility index (Phi) is 4.13. The summed E-state index contributed by atoms with van der Waals surface area (Å²) < 4.78 is 41.6. The first-order valence-corrected chi connectivity index (χ1v) is 9.13. The van der Waals surface area contributed by atoms with Crippen molar-refractivity contribution in [1.29, 1.82) is 0 Å². The zero-order valence-corrected chi connectivity index (χ0v) is 15.0. The molecule has 0 aliphatic heterocycles. The lowest BCUT2D eigenvalue weighted by Crippen LogP contribution is -2.12. The number of benzene rings is 1.